The number of piperazine rings is 1. The fourth-order valence-corrected chi connectivity index (χ4v) is 2.99. The van der Waals surface area contributed by atoms with Gasteiger partial charge in [0, 0.05) is 43.4 Å². The molecule has 28 heavy (non-hydrogen) atoms. The SMILES string of the molecule is C=C(C)C(=O)OCCOC(=O)CCC(=O)N1CCN(c2cc[c]cc2)CC1C. The van der Waals surface area contributed by atoms with Crippen molar-refractivity contribution < 1.29 is 23.9 Å². The predicted octanol–water partition coefficient (Wildman–Crippen LogP) is 1.97. The van der Waals surface area contributed by atoms with Gasteiger partial charge in [0.25, 0.3) is 0 Å². The number of carbonyl (C=O) groups is 3. The first-order chi connectivity index (χ1) is 13.4. The quantitative estimate of drug-likeness (QED) is 0.386. The second kappa shape index (κ2) is 10.5. The summed E-state index contributed by atoms with van der Waals surface area (Å²) in [6, 6.07) is 10.8. The second-order valence-corrected chi connectivity index (χ2v) is 6.78. The highest BCUT2D eigenvalue weighted by atomic mass is 16.6. The molecule has 1 atom stereocenters. The van der Waals surface area contributed by atoms with Crippen LogP contribution in [0.15, 0.2) is 36.4 Å². The molecule has 1 saturated heterocycles. The van der Waals surface area contributed by atoms with Gasteiger partial charge in [0.1, 0.15) is 13.2 Å². The Balaban J connectivity index is 1.68. The number of ether oxygens (including phenoxy) is 2. The van der Waals surface area contributed by atoms with Crippen molar-refractivity contribution >= 4 is 23.5 Å². The van der Waals surface area contributed by atoms with Crippen molar-refractivity contribution in [2.24, 2.45) is 0 Å². The minimum Gasteiger partial charge on any atom is -0.462 e. The molecule has 1 fully saturated rings. The molecule has 0 N–H and O–H groups in total. The minimum atomic E-state index is -0.520. The van der Waals surface area contributed by atoms with E-state index < -0.39 is 11.9 Å². The van der Waals surface area contributed by atoms with Crippen molar-refractivity contribution in [3.63, 3.8) is 0 Å². The summed E-state index contributed by atoms with van der Waals surface area (Å²) < 4.78 is 9.82. The maximum absolute atomic E-state index is 12.5. The summed E-state index contributed by atoms with van der Waals surface area (Å²) in [5.41, 5.74) is 1.41. The molecule has 0 bridgehead atoms. The molecule has 2 rings (SSSR count). The van der Waals surface area contributed by atoms with E-state index in [-0.39, 0.29) is 43.6 Å². The summed E-state index contributed by atoms with van der Waals surface area (Å²) >= 11 is 0. The Hall–Kier alpha value is -2.83. The largest absolute Gasteiger partial charge is 0.462 e. The Kier molecular flexibility index (Phi) is 8.04. The molecule has 7 nitrogen and oxygen atoms in total. The first-order valence-corrected chi connectivity index (χ1v) is 9.37. The van der Waals surface area contributed by atoms with Crippen molar-refractivity contribution in [2.75, 3.05) is 37.7 Å². The average Bonchev–Trinajstić information content (AvgIpc) is 2.69. The summed E-state index contributed by atoms with van der Waals surface area (Å²) in [4.78, 5) is 39.5. The van der Waals surface area contributed by atoms with E-state index in [9.17, 15) is 14.4 Å². The lowest BCUT2D eigenvalue weighted by molar-refractivity contribution is -0.151. The van der Waals surface area contributed by atoms with Crippen LogP contribution in [-0.4, -0.2) is 61.6 Å². The van der Waals surface area contributed by atoms with Crippen molar-refractivity contribution in [1.82, 2.24) is 4.90 Å². The zero-order chi connectivity index (χ0) is 20.5. The summed E-state index contributed by atoms with van der Waals surface area (Å²) in [7, 11) is 0. The maximum Gasteiger partial charge on any atom is 0.333 e. The molecule has 1 aliphatic rings. The van der Waals surface area contributed by atoms with Crippen LogP contribution in [0.4, 0.5) is 5.69 Å². The molecule has 1 aromatic carbocycles. The van der Waals surface area contributed by atoms with E-state index in [1.165, 1.54) is 0 Å². The number of carbonyl (C=O) groups excluding carboxylic acids is 3. The van der Waals surface area contributed by atoms with Gasteiger partial charge in [0.2, 0.25) is 5.91 Å². The molecule has 7 heteroatoms. The van der Waals surface area contributed by atoms with E-state index in [0.29, 0.717) is 6.54 Å². The van der Waals surface area contributed by atoms with Crippen LogP contribution in [0.25, 0.3) is 0 Å². The van der Waals surface area contributed by atoms with Gasteiger partial charge in [-0.25, -0.2) is 4.79 Å². The topological polar surface area (TPSA) is 76.1 Å². The molecule has 0 saturated carbocycles. The number of rotatable bonds is 8. The number of amides is 1. The molecule has 1 unspecified atom stereocenters. The first-order valence-electron chi connectivity index (χ1n) is 9.37. The third-order valence-electron chi connectivity index (χ3n) is 4.48. The van der Waals surface area contributed by atoms with Crippen LogP contribution >= 0.6 is 0 Å². The van der Waals surface area contributed by atoms with E-state index in [0.717, 1.165) is 18.8 Å². The smallest absolute Gasteiger partial charge is 0.333 e. The monoisotopic (exact) mass is 387 g/mol. The van der Waals surface area contributed by atoms with Gasteiger partial charge in [0.15, 0.2) is 0 Å². The van der Waals surface area contributed by atoms with Crippen LogP contribution in [0.5, 0.6) is 0 Å². The Morgan fingerprint density at radius 3 is 2.46 bits per heavy atom. The molecule has 0 aromatic heterocycles. The van der Waals surface area contributed by atoms with Gasteiger partial charge in [-0.1, -0.05) is 18.7 Å². The van der Waals surface area contributed by atoms with Crippen LogP contribution in [0.2, 0.25) is 0 Å². The van der Waals surface area contributed by atoms with Crippen LogP contribution < -0.4 is 4.90 Å². The Morgan fingerprint density at radius 2 is 1.82 bits per heavy atom. The van der Waals surface area contributed by atoms with Crippen molar-refractivity contribution in [3.8, 4) is 0 Å². The molecule has 1 amide bonds. The van der Waals surface area contributed by atoms with Crippen LogP contribution in [0.1, 0.15) is 26.7 Å². The lowest BCUT2D eigenvalue weighted by Crippen LogP contribution is -2.54. The van der Waals surface area contributed by atoms with Gasteiger partial charge in [-0.05, 0) is 32.0 Å². The minimum absolute atomic E-state index is 0.00865. The van der Waals surface area contributed by atoms with Gasteiger partial charge >= 0.3 is 11.9 Å². The van der Waals surface area contributed by atoms with Crippen LogP contribution in [-0.2, 0) is 23.9 Å². The lowest BCUT2D eigenvalue weighted by atomic mass is 10.1. The normalized spacial score (nSPS) is 16.4. The Bertz CT molecular complexity index is 704. The zero-order valence-electron chi connectivity index (χ0n) is 16.5. The number of esters is 2. The van der Waals surface area contributed by atoms with Crippen molar-refractivity contribution in [1.29, 1.82) is 0 Å². The van der Waals surface area contributed by atoms with Crippen molar-refractivity contribution in [3.05, 3.63) is 42.5 Å². The van der Waals surface area contributed by atoms with Crippen LogP contribution in [0.3, 0.4) is 0 Å². The number of anilines is 1. The zero-order valence-corrected chi connectivity index (χ0v) is 16.5. The molecule has 1 heterocycles. The van der Waals surface area contributed by atoms with E-state index >= 15 is 0 Å². The highest BCUT2D eigenvalue weighted by molar-refractivity contribution is 5.87. The third kappa shape index (κ3) is 6.40. The Morgan fingerprint density at radius 1 is 1.14 bits per heavy atom. The maximum atomic E-state index is 12.5. The number of benzene rings is 1. The molecule has 1 aromatic rings. The molecule has 1 radical (unpaired) electrons. The molecule has 151 valence electrons. The van der Waals surface area contributed by atoms with Gasteiger partial charge < -0.3 is 19.3 Å². The van der Waals surface area contributed by atoms with E-state index in [4.69, 9.17) is 9.47 Å². The fraction of sp³-hybridized carbons (Fsp3) is 0.476. The van der Waals surface area contributed by atoms with Crippen molar-refractivity contribution in [2.45, 2.75) is 32.7 Å². The molecule has 0 spiro atoms. The first kappa shape index (κ1) is 21.5. The standard InChI is InChI=1S/C21H27N2O5/c1-16(2)21(26)28-14-13-27-20(25)10-9-19(24)23-12-11-22(15-17(23)3)18-7-5-4-6-8-18/h5-8,17H,1,9-15H2,2-3H3. The molecule has 0 aliphatic carbocycles. The van der Waals surface area contributed by atoms with Gasteiger partial charge in [-0.15, -0.1) is 0 Å². The Labute approximate surface area is 165 Å². The van der Waals surface area contributed by atoms with Crippen LogP contribution in [0, 0.1) is 6.07 Å². The lowest BCUT2D eigenvalue weighted by Gasteiger charge is -2.41. The van der Waals surface area contributed by atoms with E-state index in [1.54, 1.807) is 6.92 Å². The fourth-order valence-electron chi connectivity index (χ4n) is 2.99. The highest BCUT2D eigenvalue weighted by Crippen LogP contribution is 2.19. The molecular weight excluding hydrogens is 360 g/mol. The van der Waals surface area contributed by atoms with E-state index in [2.05, 4.69) is 17.5 Å². The third-order valence-corrected chi connectivity index (χ3v) is 4.48. The summed E-state index contributed by atoms with van der Waals surface area (Å²) in [6.45, 7) is 9.06. The number of nitrogens with zero attached hydrogens (tertiary/aromatic N) is 2. The van der Waals surface area contributed by atoms with Gasteiger partial charge in [-0.3, -0.25) is 9.59 Å². The summed E-state index contributed by atoms with van der Waals surface area (Å²) in [5, 5.41) is 0. The summed E-state index contributed by atoms with van der Waals surface area (Å²) in [5.74, 6) is -1.06. The molecule has 1 aliphatic heterocycles. The number of hydrogen-bond donors (Lipinski definition) is 0. The highest BCUT2D eigenvalue weighted by Gasteiger charge is 2.27. The second-order valence-electron chi connectivity index (χ2n) is 6.78. The predicted molar refractivity (Wildman–Crippen MR) is 105 cm³/mol. The summed E-state index contributed by atoms with van der Waals surface area (Å²) in [6.07, 6.45) is 0.115. The van der Waals surface area contributed by atoms with Gasteiger partial charge in [0.05, 0.1) is 6.42 Å². The van der Waals surface area contributed by atoms with Gasteiger partial charge in [-0.2, -0.15) is 0 Å². The average molecular weight is 387 g/mol. The number of hydrogen-bond acceptors (Lipinski definition) is 6. The molecular formula is C21H27N2O5. The van der Waals surface area contributed by atoms with E-state index in [1.807, 2.05) is 36.1 Å².